The van der Waals surface area contributed by atoms with Crippen molar-refractivity contribution in [2.75, 3.05) is 12.0 Å². The third-order valence-electron chi connectivity index (χ3n) is 4.35. The number of hydrogen-bond donors (Lipinski definition) is 2. The molecule has 10 heteroatoms. The number of methoxy groups -OCH3 is 1. The molecular formula is C21H17FN2O7. The molecule has 1 aliphatic rings. The van der Waals surface area contributed by atoms with Crippen molar-refractivity contribution in [3.05, 3.63) is 59.4 Å². The van der Waals surface area contributed by atoms with Crippen molar-refractivity contribution in [2.24, 2.45) is 0 Å². The quantitative estimate of drug-likeness (QED) is 0.535. The van der Waals surface area contributed by atoms with Crippen LogP contribution >= 0.6 is 0 Å². The van der Waals surface area contributed by atoms with Crippen molar-refractivity contribution >= 4 is 35.6 Å². The van der Waals surface area contributed by atoms with Crippen molar-refractivity contribution in [1.29, 1.82) is 0 Å². The first-order valence-corrected chi connectivity index (χ1v) is 8.96. The molecule has 3 rings (SSSR count). The number of urea groups is 1. The van der Waals surface area contributed by atoms with E-state index in [1.807, 2.05) is 5.32 Å². The number of para-hydroxylation sites is 1. The Kier molecular flexibility index (Phi) is 6.00. The third kappa shape index (κ3) is 4.37. The predicted octanol–water partition coefficient (Wildman–Crippen LogP) is 2.35. The molecule has 0 aromatic heterocycles. The molecular weight excluding hydrogens is 411 g/mol. The molecule has 1 aliphatic heterocycles. The van der Waals surface area contributed by atoms with E-state index in [1.165, 1.54) is 56.5 Å². The summed E-state index contributed by atoms with van der Waals surface area (Å²) in [7, 11) is 1.33. The van der Waals surface area contributed by atoms with E-state index in [0.717, 1.165) is 6.07 Å². The molecule has 2 N–H and O–H groups in total. The number of nitrogens with one attached hydrogen (secondary N) is 1. The Labute approximate surface area is 175 Å². The Morgan fingerprint density at radius 3 is 2.52 bits per heavy atom. The Balaban J connectivity index is 1.97. The van der Waals surface area contributed by atoms with E-state index in [9.17, 15) is 23.6 Å². The molecule has 4 amide bonds. The van der Waals surface area contributed by atoms with Crippen LogP contribution in [0.1, 0.15) is 12.5 Å². The molecule has 9 nitrogen and oxygen atoms in total. The van der Waals surface area contributed by atoms with Gasteiger partial charge < -0.3 is 14.6 Å². The number of barbiturate groups is 1. The van der Waals surface area contributed by atoms with Gasteiger partial charge in [-0.05, 0) is 42.8 Å². The zero-order valence-corrected chi connectivity index (χ0v) is 16.4. The Morgan fingerprint density at radius 1 is 1.16 bits per heavy atom. The summed E-state index contributed by atoms with van der Waals surface area (Å²) in [6.07, 6.45) is 0.0642. The van der Waals surface area contributed by atoms with Gasteiger partial charge in [0.25, 0.3) is 11.8 Å². The zero-order chi connectivity index (χ0) is 22.7. The number of hydrogen-bond acceptors (Lipinski definition) is 6. The maximum Gasteiger partial charge on any atom is 0.344 e. The first kappa shape index (κ1) is 21.5. The number of aliphatic carboxylic acids is 1. The van der Waals surface area contributed by atoms with E-state index in [-0.39, 0.29) is 17.2 Å². The van der Waals surface area contributed by atoms with Gasteiger partial charge in [0.2, 0.25) is 0 Å². The summed E-state index contributed by atoms with van der Waals surface area (Å²) in [5.41, 5.74) is -0.377. The average molecular weight is 428 g/mol. The van der Waals surface area contributed by atoms with Gasteiger partial charge in [-0.1, -0.05) is 18.2 Å². The summed E-state index contributed by atoms with van der Waals surface area (Å²) in [6.45, 7) is 1.34. The minimum Gasteiger partial charge on any atom is -0.493 e. The highest BCUT2D eigenvalue weighted by Gasteiger charge is 2.38. The Hall–Kier alpha value is -4.21. The lowest BCUT2D eigenvalue weighted by atomic mass is 10.1. The van der Waals surface area contributed by atoms with Gasteiger partial charge in [-0.25, -0.2) is 18.9 Å². The smallest absolute Gasteiger partial charge is 0.344 e. The number of halogens is 1. The molecule has 2 aromatic carbocycles. The number of imide groups is 2. The normalized spacial score (nSPS) is 16.2. The number of anilines is 1. The van der Waals surface area contributed by atoms with Gasteiger partial charge in [0, 0.05) is 0 Å². The van der Waals surface area contributed by atoms with Crippen LogP contribution in [0.4, 0.5) is 14.9 Å². The standard InChI is InChI=1S/C21H17FN2O7/c1-11(20(27)28)31-16-8-7-12(10-17(16)30-2)9-13-18(25)23-21(29)24(19(13)26)15-6-4-3-5-14(15)22/h3-11H,1-2H3,(H,27,28)(H,23,25,29)/b13-9+/t11-/m0/s1. The van der Waals surface area contributed by atoms with E-state index in [1.54, 1.807) is 0 Å². The van der Waals surface area contributed by atoms with Crippen molar-refractivity contribution in [1.82, 2.24) is 5.32 Å². The van der Waals surface area contributed by atoms with Crippen LogP contribution in [0.5, 0.6) is 11.5 Å². The van der Waals surface area contributed by atoms with E-state index >= 15 is 0 Å². The van der Waals surface area contributed by atoms with Gasteiger partial charge in [0.15, 0.2) is 17.6 Å². The molecule has 1 saturated heterocycles. The highest BCUT2D eigenvalue weighted by Crippen LogP contribution is 2.31. The van der Waals surface area contributed by atoms with Gasteiger partial charge in [-0.15, -0.1) is 0 Å². The van der Waals surface area contributed by atoms with Gasteiger partial charge in [-0.2, -0.15) is 0 Å². The lowest BCUT2D eigenvalue weighted by Crippen LogP contribution is -2.54. The van der Waals surface area contributed by atoms with Crippen molar-refractivity contribution in [3.8, 4) is 11.5 Å². The fraction of sp³-hybridized carbons (Fsp3) is 0.143. The maximum absolute atomic E-state index is 14.1. The van der Waals surface area contributed by atoms with Crippen LogP contribution in [0.3, 0.4) is 0 Å². The third-order valence-corrected chi connectivity index (χ3v) is 4.35. The Morgan fingerprint density at radius 2 is 1.87 bits per heavy atom. The molecule has 0 aliphatic carbocycles. The van der Waals surface area contributed by atoms with Crippen LogP contribution < -0.4 is 19.7 Å². The van der Waals surface area contributed by atoms with Crippen LogP contribution in [-0.4, -0.2) is 42.1 Å². The number of rotatable bonds is 6. The summed E-state index contributed by atoms with van der Waals surface area (Å²) in [5, 5.41) is 11.0. The summed E-state index contributed by atoms with van der Waals surface area (Å²) in [5.74, 6) is -3.62. The summed E-state index contributed by atoms with van der Waals surface area (Å²) in [4.78, 5) is 48.8. The van der Waals surface area contributed by atoms with Gasteiger partial charge in [-0.3, -0.25) is 14.9 Å². The van der Waals surface area contributed by atoms with Crippen molar-refractivity contribution < 1.29 is 38.1 Å². The van der Waals surface area contributed by atoms with E-state index in [2.05, 4.69) is 0 Å². The molecule has 160 valence electrons. The minimum atomic E-state index is -1.17. The molecule has 1 fully saturated rings. The maximum atomic E-state index is 14.1. The lowest BCUT2D eigenvalue weighted by Gasteiger charge is -2.26. The van der Waals surface area contributed by atoms with Gasteiger partial charge >= 0.3 is 12.0 Å². The first-order chi connectivity index (χ1) is 14.7. The van der Waals surface area contributed by atoms with Gasteiger partial charge in [0.1, 0.15) is 11.4 Å². The van der Waals surface area contributed by atoms with E-state index in [4.69, 9.17) is 14.6 Å². The number of nitrogens with zero attached hydrogens (tertiary/aromatic N) is 1. The highest BCUT2D eigenvalue weighted by molar-refractivity contribution is 6.39. The first-order valence-electron chi connectivity index (χ1n) is 8.96. The van der Waals surface area contributed by atoms with Crippen LogP contribution in [0.15, 0.2) is 48.0 Å². The average Bonchev–Trinajstić information content (AvgIpc) is 2.73. The van der Waals surface area contributed by atoms with Crippen molar-refractivity contribution in [3.63, 3.8) is 0 Å². The summed E-state index contributed by atoms with van der Waals surface area (Å²) >= 11 is 0. The van der Waals surface area contributed by atoms with Crippen LogP contribution in [0.2, 0.25) is 0 Å². The monoisotopic (exact) mass is 428 g/mol. The highest BCUT2D eigenvalue weighted by atomic mass is 19.1. The lowest BCUT2D eigenvalue weighted by molar-refractivity contribution is -0.144. The largest absolute Gasteiger partial charge is 0.493 e. The fourth-order valence-electron chi connectivity index (χ4n) is 2.79. The molecule has 0 bridgehead atoms. The number of carbonyl (C=O) groups is 4. The minimum absolute atomic E-state index is 0.141. The fourth-order valence-corrected chi connectivity index (χ4v) is 2.79. The number of carboxylic acids is 1. The number of carboxylic acid groups (broad SMARTS) is 1. The van der Waals surface area contributed by atoms with Crippen LogP contribution in [-0.2, 0) is 14.4 Å². The van der Waals surface area contributed by atoms with Crippen LogP contribution in [0, 0.1) is 5.82 Å². The molecule has 0 unspecified atom stereocenters. The molecule has 1 atom stereocenters. The van der Waals surface area contributed by atoms with E-state index in [0.29, 0.717) is 10.5 Å². The SMILES string of the molecule is COc1cc(/C=C2\C(=O)NC(=O)N(c3ccccc3F)C2=O)ccc1O[C@@H](C)C(=O)O. The number of amides is 4. The summed E-state index contributed by atoms with van der Waals surface area (Å²) in [6, 6.07) is 8.38. The zero-order valence-electron chi connectivity index (χ0n) is 16.4. The topological polar surface area (TPSA) is 122 Å². The molecule has 2 aromatic rings. The summed E-state index contributed by atoms with van der Waals surface area (Å²) < 4.78 is 24.6. The van der Waals surface area contributed by atoms with Crippen molar-refractivity contribution in [2.45, 2.75) is 13.0 Å². The number of carbonyl (C=O) groups excluding carboxylic acids is 3. The van der Waals surface area contributed by atoms with E-state index < -0.39 is 41.3 Å². The molecule has 0 saturated carbocycles. The second kappa shape index (κ2) is 8.66. The second-order valence-corrected chi connectivity index (χ2v) is 6.42. The van der Waals surface area contributed by atoms with Gasteiger partial charge in [0.05, 0.1) is 12.8 Å². The molecule has 1 heterocycles. The predicted molar refractivity (Wildman–Crippen MR) is 106 cm³/mol. The second-order valence-electron chi connectivity index (χ2n) is 6.42. The number of benzene rings is 2. The number of ether oxygens (including phenoxy) is 2. The molecule has 31 heavy (non-hydrogen) atoms. The molecule has 0 spiro atoms. The molecule has 0 radical (unpaired) electrons. The Bertz CT molecular complexity index is 1110. The van der Waals surface area contributed by atoms with Crippen LogP contribution in [0.25, 0.3) is 6.08 Å².